The van der Waals surface area contributed by atoms with Crippen molar-refractivity contribution in [2.45, 2.75) is 19.8 Å². The Hall–Kier alpha value is -3.02. The molecule has 0 bridgehead atoms. The van der Waals surface area contributed by atoms with Crippen LogP contribution in [0.3, 0.4) is 0 Å². The highest BCUT2D eigenvalue weighted by Gasteiger charge is 2.23. The molecule has 25 heavy (non-hydrogen) atoms. The summed E-state index contributed by atoms with van der Waals surface area (Å²) >= 11 is 0. The third-order valence-electron chi connectivity index (χ3n) is 4.45. The minimum Gasteiger partial charge on any atom is -0.454 e. The number of aryl methyl sites for hydroxylation is 1. The number of carbonyl (C=O) groups excluding carboxylic acids is 2. The summed E-state index contributed by atoms with van der Waals surface area (Å²) in [5.74, 6) is 1.15. The molecule has 2 aromatic rings. The first-order valence-corrected chi connectivity index (χ1v) is 8.24. The third-order valence-corrected chi connectivity index (χ3v) is 4.45. The predicted octanol–water partition coefficient (Wildman–Crippen LogP) is 3.10. The molecule has 2 aliphatic heterocycles. The van der Waals surface area contributed by atoms with Crippen LogP contribution in [0.2, 0.25) is 0 Å². The normalized spacial score (nSPS) is 15.6. The van der Waals surface area contributed by atoms with E-state index in [4.69, 9.17) is 9.47 Å². The van der Waals surface area contributed by atoms with Gasteiger partial charge in [-0.2, -0.15) is 0 Å². The molecule has 0 atom stereocenters. The maximum atomic E-state index is 12.4. The molecule has 1 fully saturated rings. The van der Waals surface area contributed by atoms with Crippen molar-refractivity contribution < 1.29 is 19.1 Å². The maximum Gasteiger partial charge on any atom is 0.255 e. The first-order chi connectivity index (χ1) is 12.1. The number of anilines is 2. The van der Waals surface area contributed by atoms with Crippen LogP contribution in [0.5, 0.6) is 11.5 Å². The molecule has 128 valence electrons. The Balaban J connectivity index is 1.52. The zero-order valence-electron chi connectivity index (χ0n) is 13.9. The second-order valence-corrected chi connectivity index (χ2v) is 6.17. The van der Waals surface area contributed by atoms with E-state index in [2.05, 4.69) is 5.32 Å². The van der Waals surface area contributed by atoms with Crippen LogP contribution in [-0.4, -0.2) is 25.2 Å². The molecule has 6 heteroatoms. The van der Waals surface area contributed by atoms with Crippen molar-refractivity contribution >= 4 is 23.2 Å². The summed E-state index contributed by atoms with van der Waals surface area (Å²) in [5, 5.41) is 2.88. The Kier molecular flexibility index (Phi) is 3.80. The van der Waals surface area contributed by atoms with Gasteiger partial charge in [0.1, 0.15) is 0 Å². The molecule has 4 rings (SSSR count). The number of rotatable bonds is 3. The maximum absolute atomic E-state index is 12.4. The Labute approximate surface area is 145 Å². The molecule has 0 aliphatic carbocycles. The van der Waals surface area contributed by atoms with Gasteiger partial charge in [-0.3, -0.25) is 9.59 Å². The number of ether oxygens (including phenoxy) is 2. The minimum atomic E-state index is -0.220. The van der Waals surface area contributed by atoms with Gasteiger partial charge in [-0.25, -0.2) is 0 Å². The molecule has 6 nitrogen and oxygen atoms in total. The number of hydrogen-bond donors (Lipinski definition) is 1. The summed E-state index contributed by atoms with van der Waals surface area (Å²) in [6.45, 7) is 2.87. The van der Waals surface area contributed by atoms with Gasteiger partial charge in [0.15, 0.2) is 11.5 Å². The zero-order chi connectivity index (χ0) is 17.4. The van der Waals surface area contributed by atoms with E-state index in [0.29, 0.717) is 29.2 Å². The first-order valence-electron chi connectivity index (χ1n) is 8.24. The predicted molar refractivity (Wildman–Crippen MR) is 93.3 cm³/mol. The fraction of sp³-hybridized carbons (Fsp3) is 0.263. The first kappa shape index (κ1) is 15.5. The molecule has 0 saturated carbocycles. The highest BCUT2D eigenvalue weighted by Crippen LogP contribution is 2.33. The van der Waals surface area contributed by atoms with Gasteiger partial charge in [-0.1, -0.05) is 0 Å². The van der Waals surface area contributed by atoms with Crippen molar-refractivity contribution in [2.24, 2.45) is 0 Å². The van der Waals surface area contributed by atoms with Gasteiger partial charge in [0.2, 0.25) is 12.7 Å². The van der Waals surface area contributed by atoms with Gasteiger partial charge in [-0.05, 0) is 55.3 Å². The van der Waals surface area contributed by atoms with Gasteiger partial charge in [0, 0.05) is 29.9 Å². The van der Waals surface area contributed by atoms with Crippen molar-refractivity contribution in [3.63, 3.8) is 0 Å². The number of nitrogens with zero attached hydrogens (tertiary/aromatic N) is 1. The van der Waals surface area contributed by atoms with Gasteiger partial charge < -0.3 is 19.7 Å². The lowest BCUT2D eigenvalue weighted by molar-refractivity contribution is -0.117. The number of fused-ring (bicyclic) bond motifs is 1. The van der Waals surface area contributed by atoms with E-state index in [1.54, 1.807) is 23.1 Å². The third kappa shape index (κ3) is 2.91. The molecular formula is C19H18N2O4. The number of amides is 2. The fourth-order valence-electron chi connectivity index (χ4n) is 3.18. The molecule has 2 aliphatic rings. The molecule has 1 saturated heterocycles. The minimum absolute atomic E-state index is 0.153. The molecule has 1 N–H and O–H groups in total. The Bertz CT molecular complexity index is 862. The van der Waals surface area contributed by atoms with Crippen LogP contribution in [-0.2, 0) is 4.79 Å². The van der Waals surface area contributed by atoms with E-state index < -0.39 is 0 Å². The van der Waals surface area contributed by atoms with E-state index in [-0.39, 0.29) is 18.6 Å². The average molecular weight is 338 g/mol. The summed E-state index contributed by atoms with van der Waals surface area (Å²) in [6.07, 6.45) is 1.49. The quantitative estimate of drug-likeness (QED) is 0.934. The molecule has 0 radical (unpaired) electrons. The topological polar surface area (TPSA) is 67.9 Å². The van der Waals surface area contributed by atoms with Gasteiger partial charge in [0.25, 0.3) is 5.91 Å². The van der Waals surface area contributed by atoms with Crippen LogP contribution in [0.15, 0.2) is 36.4 Å². The standard InChI is InChI=1S/C19H18N2O4/c1-12-9-14(5-6-15(12)21-8-2-3-18(21)22)20-19(23)13-4-7-16-17(10-13)25-11-24-16/h4-7,9-10H,2-3,8,11H2,1H3,(H,20,23). The Morgan fingerprint density at radius 2 is 1.96 bits per heavy atom. The van der Waals surface area contributed by atoms with Crippen molar-refractivity contribution in [1.82, 2.24) is 0 Å². The number of nitrogens with one attached hydrogen (secondary N) is 1. The summed E-state index contributed by atoms with van der Waals surface area (Å²) in [6, 6.07) is 10.7. The Morgan fingerprint density at radius 1 is 1.12 bits per heavy atom. The van der Waals surface area contributed by atoms with E-state index in [0.717, 1.165) is 24.2 Å². The highest BCUT2D eigenvalue weighted by molar-refractivity contribution is 6.05. The van der Waals surface area contributed by atoms with Crippen LogP contribution < -0.4 is 19.7 Å². The lowest BCUT2D eigenvalue weighted by atomic mass is 10.1. The molecule has 0 unspecified atom stereocenters. The summed E-state index contributed by atoms with van der Waals surface area (Å²) in [7, 11) is 0. The van der Waals surface area contributed by atoms with Gasteiger partial charge in [0.05, 0.1) is 0 Å². The van der Waals surface area contributed by atoms with Gasteiger partial charge in [-0.15, -0.1) is 0 Å². The molecule has 0 aromatic heterocycles. The molecule has 2 heterocycles. The monoisotopic (exact) mass is 338 g/mol. The second-order valence-electron chi connectivity index (χ2n) is 6.17. The zero-order valence-corrected chi connectivity index (χ0v) is 13.9. The van der Waals surface area contributed by atoms with E-state index in [1.165, 1.54) is 0 Å². The van der Waals surface area contributed by atoms with Crippen molar-refractivity contribution in [2.75, 3.05) is 23.6 Å². The number of hydrogen-bond acceptors (Lipinski definition) is 4. The average Bonchev–Trinajstić information content (AvgIpc) is 3.23. The molecule has 2 amide bonds. The van der Waals surface area contributed by atoms with Crippen LogP contribution in [0, 0.1) is 6.92 Å². The van der Waals surface area contributed by atoms with Crippen LogP contribution in [0.1, 0.15) is 28.8 Å². The molecule has 0 spiro atoms. The largest absolute Gasteiger partial charge is 0.454 e. The molecule has 2 aromatic carbocycles. The SMILES string of the molecule is Cc1cc(NC(=O)c2ccc3c(c2)OCO3)ccc1N1CCCC1=O. The van der Waals surface area contributed by atoms with E-state index in [9.17, 15) is 9.59 Å². The number of carbonyl (C=O) groups is 2. The van der Waals surface area contributed by atoms with Crippen molar-refractivity contribution in [3.8, 4) is 11.5 Å². The van der Waals surface area contributed by atoms with Gasteiger partial charge >= 0.3 is 0 Å². The van der Waals surface area contributed by atoms with E-state index >= 15 is 0 Å². The summed E-state index contributed by atoms with van der Waals surface area (Å²) in [5.41, 5.74) is 3.05. The van der Waals surface area contributed by atoms with Crippen LogP contribution in [0.25, 0.3) is 0 Å². The van der Waals surface area contributed by atoms with Crippen LogP contribution in [0.4, 0.5) is 11.4 Å². The molecular weight excluding hydrogens is 320 g/mol. The van der Waals surface area contributed by atoms with E-state index in [1.807, 2.05) is 25.1 Å². The fourth-order valence-corrected chi connectivity index (χ4v) is 3.18. The smallest absolute Gasteiger partial charge is 0.255 e. The van der Waals surface area contributed by atoms with Crippen molar-refractivity contribution in [1.29, 1.82) is 0 Å². The lowest BCUT2D eigenvalue weighted by Crippen LogP contribution is -2.24. The highest BCUT2D eigenvalue weighted by atomic mass is 16.7. The second kappa shape index (κ2) is 6.12. The summed E-state index contributed by atoms with van der Waals surface area (Å²) in [4.78, 5) is 26.2. The summed E-state index contributed by atoms with van der Waals surface area (Å²) < 4.78 is 10.6. The number of benzene rings is 2. The van der Waals surface area contributed by atoms with Crippen molar-refractivity contribution in [3.05, 3.63) is 47.5 Å². The Morgan fingerprint density at radius 3 is 2.72 bits per heavy atom. The van der Waals surface area contributed by atoms with Crippen LogP contribution >= 0.6 is 0 Å². The lowest BCUT2D eigenvalue weighted by Gasteiger charge is -2.19.